The maximum atomic E-state index is 11.7. The van der Waals surface area contributed by atoms with Crippen LogP contribution in [0.15, 0.2) is 51.7 Å². The van der Waals surface area contributed by atoms with E-state index in [1.165, 1.54) is 18.2 Å². The summed E-state index contributed by atoms with van der Waals surface area (Å²) >= 11 is 5.98. The first-order chi connectivity index (χ1) is 11.4. The summed E-state index contributed by atoms with van der Waals surface area (Å²) < 4.78 is 10.7. The van der Waals surface area contributed by atoms with Crippen LogP contribution in [0.4, 0.5) is 5.69 Å². The largest absolute Gasteiger partial charge is 0.482 e. The first-order valence-corrected chi connectivity index (χ1v) is 7.42. The molecule has 0 unspecified atom stereocenters. The van der Waals surface area contributed by atoms with E-state index in [0.29, 0.717) is 21.6 Å². The van der Waals surface area contributed by atoms with Crippen LogP contribution in [0.5, 0.6) is 5.75 Å². The van der Waals surface area contributed by atoms with E-state index in [1.54, 1.807) is 31.2 Å². The summed E-state index contributed by atoms with van der Waals surface area (Å²) in [6, 6.07) is 10.8. The highest BCUT2D eigenvalue weighted by Crippen LogP contribution is 2.29. The molecule has 0 spiro atoms. The second-order valence-electron chi connectivity index (χ2n) is 5.25. The molecule has 0 aliphatic rings. The molecular formula is C17H12ClNO5. The van der Waals surface area contributed by atoms with E-state index >= 15 is 0 Å². The van der Waals surface area contributed by atoms with Crippen molar-refractivity contribution in [2.75, 3.05) is 0 Å². The molecule has 122 valence electrons. The molecule has 1 heterocycles. The van der Waals surface area contributed by atoms with E-state index < -0.39 is 10.5 Å². The van der Waals surface area contributed by atoms with E-state index in [2.05, 4.69) is 0 Å². The molecular weight excluding hydrogens is 334 g/mol. The first kappa shape index (κ1) is 16.0. The Bertz CT molecular complexity index is 996. The van der Waals surface area contributed by atoms with Crippen molar-refractivity contribution in [3.05, 3.63) is 79.1 Å². The lowest BCUT2D eigenvalue weighted by molar-refractivity contribution is -0.386. The predicted octanol–water partition coefficient (Wildman–Crippen LogP) is 4.24. The Labute approximate surface area is 141 Å². The number of hydrogen-bond acceptors (Lipinski definition) is 5. The van der Waals surface area contributed by atoms with Gasteiger partial charge >= 0.3 is 11.3 Å². The number of nitro benzene ring substituents is 1. The van der Waals surface area contributed by atoms with Crippen molar-refractivity contribution >= 4 is 28.3 Å². The van der Waals surface area contributed by atoms with Gasteiger partial charge in [-0.3, -0.25) is 10.1 Å². The summed E-state index contributed by atoms with van der Waals surface area (Å²) in [5.41, 5.74) is 1.02. The van der Waals surface area contributed by atoms with Crippen LogP contribution in [0.1, 0.15) is 11.1 Å². The van der Waals surface area contributed by atoms with E-state index in [1.807, 2.05) is 0 Å². The van der Waals surface area contributed by atoms with Crippen molar-refractivity contribution in [2.24, 2.45) is 0 Å². The van der Waals surface area contributed by atoms with Gasteiger partial charge in [0.15, 0.2) is 5.75 Å². The van der Waals surface area contributed by atoms with Gasteiger partial charge in [0.25, 0.3) is 0 Å². The molecule has 1 aromatic heterocycles. The minimum absolute atomic E-state index is 0.0215. The third kappa shape index (κ3) is 3.23. The molecule has 3 rings (SSSR count). The average molecular weight is 346 g/mol. The summed E-state index contributed by atoms with van der Waals surface area (Å²) in [7, 11) is 0. The fraction of sp³-hybridized carbons (Fsp3) is 0.118. The number of nitro groups is 1. The van der Waals surface area contributed by atoms with Crippen molar-refractivity contribution in [3.63, 3.8) is 0 Å². The zero-order valence-electron chi connectivity index (χ0n) is 12.6. The van der Waals surface area contributed by atoms with Gasteiger partial charge in [-0.05, 0) is 36.8 Å². The van der Waals surface area contributed by atoms with Gasteiger partial charge in [0.05, 0.1) is 4.92 Å². The van der Waals surface area contributed by atoms with Gasteiger partial charge in [-0.25, -0.2) is 4.79 Å². The summed E-state index contributed by atoms with van der Waals surface area (Å²) in [6.45, 7) is 1.74. The molecule has 0 amide bonds. The maximum Gasteiger partial charge on any atom is 0.336 e. The highest BCUT2D eigenvalue weighted by atomic mass is 35.5. The minimum Gasteiger partial charge on any atom is -0.482 e. The van der Waals surface area contributed by atoms with Gasteiger partial charge in [-0.1, -0.05) is 17.7 Å². The lowest BCUT2D eigenvalue weighted by Gasteiger charge is -2.09. The minimum atomic E-state index is -0.526. The molecule has 24 heavy (non-hydrogen) atoms. The van der Waals surface area contributed by atoms with Crippen molar-refractivity contribution in [3.8, 4) is 5.75 Å². The Hall–Kier alpha value is -2.86. The fourth-order valence-electron chi connectivity index (χ4n) is 2.37. The Balaban J connectivity index is 1.98. The molecule has 0 aliphatic heterocycles. The SMILES string of the molecule is Cc1ccc(OCc2cc(=O)oc3ccc(Cl)cc23)c([N+](=O)[O-])c1. The third-order valence-electron chi connectivity index (χ3n) is 3.48. The molecule has 7 heteroatoms. The van der Waals surface area contributed by atoms with Crippen molar-refractivity contribution in [1.29, 1.82) is 0 Å². The molecule has 0 N–H and O–H groups in total. The highest BCUT2D eigenvalue weighted by molar-refractivity contribution is 6.31. The van der Waals surface area contributed by atoms with E-state index in [9.17, 15) is 14.9 Å². The Morgan fingerprint density at radius 1 is 1.21 bits per heavy atom. The zero-order valence-corrected chi connectivity index (χ0v) is 13.4. The van der Waals surface area contributed by atoms with E-state index in [0.717, 1.165) is 5.56 Å². The molecule has 0 saturated carbocycles. The molecule has 0 aliphatic carbocycles. The number of aryl methyl sites for hydroxylation is 1. The van der Waals surface area contributed by atoms with Crippen LogP contribution in [-0.4, -0.2) is 4.92 Å². The Morgan fingerprint density at radius 3 is 2.75 bits per heavy atom. The maximum absolute atomic E-state index is 11.7. The van der Waals surface area contributed by atoms with E-state index in [4.69, 9.17) is 20.8 Å². The van der Waals surface area contributed by atoms with Crippen LogP contribution in [0, 0.1) is 17.0 Å². The van der Waals surface area contributed by atoms with Crippen LogP contribution in [0.3, 0.4) is 0 Å². The smallest absolute Gasteiger partial charge is 0.336 e. The summed E-state index contributed by atoms with van der Waals surface area (Å²) in [4.78, 5) is 22.3. The second kappa shape index (κ2) is 6.33. The van der Waals surface area contributed by atoms with Crippen LogP contribution in [-0.2, 0) is 6.61 Å². The summed E-state index contributed by atoms with van der Waals surface area (Å²) in [5, 5.41) is 12.2. The van der Waals surface area contributed by atoms with Crippen molar-refractivity contribution in [2.45, 2.75) is 13.5 Å². The lowest BCUT2D eigenvalue weighted by atomic mass is 10.1. The average Bonchev–Trinajstić information content (AvgIpc) is 2.53. The molecule has 0 saturated heterocycles. The van der Waals surface area contributed by atoms with Crippen LogP contribution >= 0.6 is 11.6 Å². The van der Waals surface area contributed by atoms with Gasteiger partial charge in [0, 0.05) is 28.1 Å². The number of nitrogens with zero attached hydrogens (tertiary/aromatic N) is 1. The highest BCUT2D eigenvalue weighted by Gasteiger charge is 2.16. The molecule has 0 atom stereocenters. The third-order valence-corrected chi connectivity index (χ3v) is 3.72. The monoisotopic (exact) mass is 345 g/mol. The standard InChI is InChI=1S/C17H12ClNO5/c1-10-2-4-16(14(6-10)19(21)22)23-9-11-7-17(20)24-15-5-3-12(18)8-13(11)15/h2-8H,9H2,1H3. The van der Waals surface area contributed by atoms with Gasteiger partial charge < -0.3 is 9.15 Å². The lowest BCUT2D eigenvalue weighted by Crippen LogP contribution is -2.05. The number of rotatable bonds is 4. The zero-order chi connectivity index (χ0) is 17.3. The van der Waals surface area contributed by atoms with Gasteiger partial charge in [-0.15, -0.1) is 0 Å². The van der Waals surface area contributed by atoms with Gasteiger partial charge in [0.1, 0.15) is 12.2 Å². The normalized spacial score (nSPS) is 10.8. The van der Waals surface area contributed by atoms with Crippen molar-refractivity contribution < 1.29 is 14.1 Å². The van der Waals surface area contributed by atoms with E-state index in [-0.39, 0.29) is 18.0 Å². The van der Waals surface area contributed by atoms with Crippen LogP contribution in [0.2, 0.25) is 5.02 Å². The molecule has 3 aromatic rings. The molecule has 6 nitrogen and oxygen atoms in total. The number of halogens is 1. The quantitative estimate of drug-likeness (QED) is 0.401. The van der Waals surface area contributed by atoms with Crippen LogP contribution in [0.25, 0.3) is 11.0 Å². The van der Waals surface area contributed by atoms with Crippen molar-refractivity contribution in [1.82, 2.24) is 0 Å². The van der Waals surface area contributed by atoms with Crippen LogP contribution < -0.4 is 10.4 Å². The molecule has 0 fully saturated rings. The number of ether oxygens (including phenoxy) is 1. The van der Waals surface area contributed by atoms with Gasteiger partial charge in [0.2, 0.25) is 0 Å². The second-order valence-corrected chi connectivity index (χ2v) is 5.68. The topological polar surface area (TPSA) is 82.6 Å². The molecule has 0 bridgehead atoms. The summed E-state index contributed by atoms with van der Waals surface area (Å²) in [5.74, 6) is 0.133. The molecule has 2 aromatic carbocycles. The fourth-order valence-corrected chi connectivity index (χ4v) is 2.54. The van der Waals surface area contributed by atoms with Gasteiger partial charge in [-0.2, -0.15) is 0 Å². The number of fused-ring (bicyclic) bond motifs is 1. The molecule has 0 radical (unpaired) electrons. The Kier molecular flexibility index (Phi) is 4.22. The Morgan fingerprint density at radius 2 is 2.00 bits per heavy atom. The summed E-state index contributed by atoms with van der Waals surface area (Å²) in [6.07, 6.45) is 0. The number of hydrogen-bond donors (Lipinski definition) is 0. The first-order valence-electron chi connectivity index (χ1n) is 7.04. The number of benzene rings is 2. The predicted molar refractivity (Wildman–Crippen MR) is 89.7 cm³/mol.